The molecule has 35 heavy (non-hydrogen) atoms. The SMILES string of the molecule is CC[C@H](C(=O)NC1CCCC1)N(CCc1ccccc1)C(=O)CN(c1ccc(I)cc1)S(C)(=O)=O. The molecule has 0 bridgehead atoms. The van der Waals surface area contributed by atoms with Gasteiger partial charge < -0.3 is 10.2 Å². The van der Waals surface area contributed by atoms with Crippen LogP contribution in [0.1, 0.15) is 44.6 Å². The molecule has 0 aromatic heterocycles. The van der Waals surface area contributed by atoms with Gasteiger partial charge in [-0.15, -0.1) is 0 Å². The summed E-state index contributed by atoms with van der Waals surface area (Å²) in [5.41, 5.74) is 1.47. The topological polar surface area (TPSA) is 86.8 Å². The minimum absolute atomic E-state index is 0.141. The number of sulfonamides is 1. The van der Waals surface area contributed by atoms with Gasteiger partial charge in [-0.1, -0.05) is 50.1 Å². The van der Waals surface area contributed by atoms with Gasteiger partial charge in [0.1, 0.15) is 12.6 Å². The molecular weight excluding hydrogens is 577 g/mol. The molecule has 0 saturated heterocycles. The van der Waals surface area contributed by atoms with Gasteiger partial charge in [-0.05, 0) is 78.1 Å². The Bertz CT molecular complexity index is 1090. The molecule has 2 amide bonds. The Balaban J connectivity index is 1.85. The number of nitrogens with zero attached hydrogens (tertiary/aromatic N) is 2. The molecule has 1 aliphatic carbocycles. The molecule has 1 N–H and O–H groups in total. The molecule has 190 valence electrons. The Morgan fingerprint density at radius 1 is 1.06 bits per heavy atom. The van der Waals surface area contributed by atoms with Crippen LogP contribution in [0.2, 0.25) is 0 Å². The number of carbonyl (C=O) groups excluding carboxylic acids is 2. The van der Waals surface area contributed by atoms with Crippen molar-refractivity contribution in [1.82, 2.24) is 10.2 Å². The lowest BCUT2D eigenvalue weighted by Crippen LogP contribution is -2.54. The standard InChI is InChI=1S/C26H34IN3O4S/c1-3-24(26(32)28-22-11-7-8-12-22)29(18-17-20-9-5-4-6-10-20)25(31)19-30(35(2,33)34)23-15-13-21(27)14-16-23/h4-6,9-10,13-16,22,24H,3,7-8,11-12,17-19H2,1-2H3,(H,28,32)/t24-/m1/s1. The summed E-state index contributed by atoms with van der Waals surface area (Å²) in [6, 6.07) is 16.2. The van der Waals surface area contributed by atoms with E-state index in [0.717, 1.165) is 45.4 Å². The summed E-state index contributed by atoms with van der Waals surface area (Å²) in [6.45, 7) is 1.85. The van der Waals surface area contributed by atoms with E-state index in [4.69, 9.17) is 0 Å². The lowest BCUT2D eigenvalue weighted by atomic mass is 10.1. The molecule has 2 aromatic carbocycles. The Labute approximate surface area is 222 Å². The second-order valence-corrected chi connectivity index (χ2v) is 12.1. The number of benzene rings is 2. The van der Waals surface area contributed by atoms with Crippen molar-refractivity contribution in [1.29, 1.82) is 0 Å². The van der Waals surface area contributed by atoms with E-state index in [0.29, 0.717) is 25.1 Å². The second-order valence-electron chi connectivity index (χ2n) is 8.98. The average Bonchev–Trinajstić information content (AvgIpc) is 3.33. The van der Waals surface area contributed by atoms with Crippen LogP contribution in [0.25, 0.3) is 0 Å². The molecule has 2 aromatic rings. The van der Waals surface area contributed by atoms with E-state index >= 15 is 0 Å². The van der Waals surface area contributed by atoms with Gasteiger partial charge in [0.15, 0.2) is 0 Å². The van der Waals surface area contributed by atoms with Crippen LogP contribution in [0, 0.1) is 3.57 Å². The molecule has 0 spiro atoms. The number of carbonyl (C=O) groups is 2. The van der Waals surface area contributed by atoms with Gasteiger partial charge in [0, 0.05) is 16.2 Å². The smallest absolute Gasteiger partial charge is 0.244 e. The number of rotatable bonds is 11. The molecule has 0 aliphatic heterocycles. The van der Waals surface area contributed by atoms with E-state index in [1.807, 2.05) is 37.3 Å². The van der Waals surface area contributed by atoms with Crippen molar-refractivity contribution in [3.63, 3.8) is 0 Å². The highest BCUT2D eigenvalue weighted by Crippen LogP contribution is 2.21. The zero-order valence-electron chi connectivity index (χ0n) is 20.3. The summed E-state index contributed by atoms with van der Waals surface area (Å²) in [5.74, 6) is -0.556. The molecule has 1 atom stereocenters. The number of halogens is 1. The summed E-state index contributed by atoms with van der Waals surface area (Å²) in [5, 5.41) is 3.12. The summed E-state index contributed by atoms with van der Waals surface area (Å²) in [7, 11) is -3.71. The largest absolute Gasteiger partial charge is 0.352 e. The third kappa shape index (κ3) is 7.93. The molecule has 9 heteroatoms. The third-order valence-corrected chi connectivity index (χ3v) is 8.23. The van der Waals surface area contributed by atoms with Gasteiger partial charge in [-0.25, -0.2) is 8.42 Å². The van der Waals surface area contributed by atoms with Gasteiger partial charge in [-0.2, -0.15) is 0 Å². The van der Waals surface area contributed by atoms with Crippen LogP contribution < -0.4 is 9.62 Å². The lowest BCUT2D eigenvalue weighted by Gasteiger charge is -2.33. The number of anilines is 1. The first-order chi connectivity index (χ1) is 16.7. The molecule has 0 radical (unpaired) electrons. The quantitative estimate of drug-likeness (QED) is 0.390. The van der Waals surface area contributed by atoms with Crippen LogP contribution in [0.15, 0.2) is 54.6 Å². The van der Waals surface area contributed by atoms with Crippen LogP contribution in [-0.2, 0) is 26.0 Å². The van der Waals surface area contributed by atoms with E-state index in [1.54, 1.807) is 29.2 Å². The van der Waals surface area contributed by atoms with Crippen LogP contribution in [0.5, 0.6) is 0 Å². The van der Waals surface area contributed by atoms with Crippen LogP contribution in [0.3, 0.4) is 0 Å². The van der Waals surface area contributed by atoms with Crippen LogP contribution >= 0.6 is 22.6 Å². The van der Waals surface area contributed by atoms with Gasteiger partial charge in [-0.3, -0.25) is 13.9 Å². The first kappa shape index (κ1) is 27.4. The van der Waals surface area contributed by atoms with E-state index in [1.165, 1.54) is 0 Å². The highest BCUT2D eigenvalue weighted by molar-refractivity contribution is 14.1. The highest BCUT2D eigenvalue weighted by atomic mass is 127. The van der Waals surface area contributed by atoms with E-state index in [9.17, 15) is 18.0 Å². The monoisotopic (exact) mass is 611 g/mol. The van der Waals surface area contributed by atoms with E-state index in [-0.39, 0.29) is 18.5 Å². The van der Waals surface area contributed by atoms with Crippen molar-refractivity contribution in [3.8, 4) is 0 Å². The number of hydrogen-bond donors (Lipinski definition) is 1. The summed E-state index contributed by atoms with van der Waals surface area (Å²) < 4.78 is 27.3. The van der Waals surface area contributed by atoms with Crippen molar-refractivity contribution < 1.29 is 18.0 Å². The third-order valence-electron chi connectivity index (χ3n) is 6.37. The van der Waals surface area contributed by atoms with Gasteiger partial charge >= 0.3 is 0 Å². The fraction of sp³-hybridized carbons (Fsp3) is 0.462. The van der Waals surface area contributed by atoms with Crippen molar-refractivity contribution in [3.05, 3.63) is 63.7 Å². The fourth-order valence-corrected chi connectivity index (χ4v) is 5.69. The summed E-state index contributed by atoms with van der Waals surface area (Å²) in [4.78, 5) is 28.4. The molecule has 1 fully saturated rings. The minimum Gasteiger partial charge on any atom is -0.352 e. The van der Waals surface area contributed by atoms with E-state index in [2.05, 4.69) is 27.9 Å². The predicted molar refractivity (Wildman–Crippen MR) is 148 cm³/mol. The Morgan fingerprint density at radius 2 is 1.69 bits per heavy atom. The van der Waals surface area contributed by atoms with Crippen molar-refractivity contribution >= 4 is 50.1 Å². The molecule has 0 unspecified atom stereocenters. The maximum Gasteiger partial charge on any atom is 0.244 e. The van der Waals surface area contributed by atoms with Crippen molar-refractivity contribution in [2.75, 3.05) is 23.7 Å². The summed E-state index contributed by atoms with van der Waals surface area (Å²) >= 11 is 2.15. The fourth-order valence-electron chi connectivity index (χ4n) is 4.48. The van der Waals surface area contributed by atoms with E-state index < -0.39 is 22.0 Å². The zero-order valence-corrected chi connectivity index (χ0v) is 23.3. The van der Waals surface area contributed by atoms with Crippen LogP contribution in [0.4, 0.5) is 5.69 Å². The number of hydrogen-bond acceptors (Lipinski definition) is 4. The Hall–Kier alpha value is -2.14. The molecule has 3 rings (SSSR count). The maximum atomic E-state index is 13.6. The van der Waals surface area contributed by atoms with Crippen molar-refractivity contribution in [2.24, 2.45) is 0 Å². The first-order valence-corrected chi connectivity index (χ1v) is 15.0. The second kappa shape index (κ2) is 12.7. The lowest BCUT2D eigenvalue weighted by molar-refractivity contribution is -0.139. The van der Waals surface area contributed by atoms with Gasteiger partial charge in [0.2, 0.25) is 21.8 Å². The molecule has 0 heterocycles. The van der Waals surface area contributed by atoms with Gasteiger partial charge in [0.05, 0.1) is 11.9 Å². The van der Waals surface area contributed by atoms with Gasteiger partial charge in [0.25, 0.3) is 0 Å². The van der Waals surface area contributed by atoms with Crippen molar-refractivity contribution in [2.45, 2.75) is 57.5 Å². The molecule has 7 nitrogen and oxygen atoms in total. The highest BCUT2D eigenvalue weighted by Gasteiger charge is 2.32. The Morgan fingerprint density at radius 3 is 2.26 bits per heavy atom. The zero-order chi connectivity index (χ0) is 25.4. The minimum atomic E-state index is -3.71. The number of nitrogens with one attached hydrogen (secondary N) is 1. The normalized spacial score (nSPS) is 14.9. The first-order valence-electron chi connectivity index (χ1n) is 12.1. The molecule has 1 aliphatic rings. The molecule has 1 saturated carbocycles. The Kier molecular flexibility index (Phi) is 9.97. The predicted octanol–water partition coefficient (Wildman–Crippen LogP) is 3.97. The molecular formula is C26H34IN3O4S. The average molecular weight is 612 g/mol. The maximum absolute atomic E-state index is 13.6. The summed E-state index contributed by atoms with van der Waals surface area (Å²) in [6.07, 6.45) is 6.21. The number of amides is 2. The van der Waals surface area contributed by atoms with Crippen LogP contribution in [-0.4, -0.2) is 56.6 Å².